The Labute approximate surface area is 81.4 Å². The van der Waals surface area contributed by atoms with Gasteiger partial charge in [-0.15, -0.1) is 0 Å². The molecule has 14 heavy (non-hydrogen) atoms. The van der Waals surface area contributed by atoms with E-state index in [0.29, 0.717) is 17.1 Å². The van der Waals surface area contributed by atoms with Gasteiger partial charge in [-0.25, -0.2) is 0 Å². The molecule has 0 fully saturated rings. The van der Waals surface area contributed by atoms with E-state index in [0.717, 1.165) is 0 Å². The molecule has 1 aromatic rings. The minimum atomic E-state index is 0.0123. The molecule has 4 nitrogen and oxygen atoms in total. The summed E-state index contributed by atoms with van der Waals surface area (Å²) in [5, 5.41) is 0. The minimum Gasteiger partial charge on any atom is -0.485 e. The number of fused-ring (bicyclic) bond motifs is 1. The lowest BCUT2D eigenvalue weighted by atomic mass is 10.1. The first-order valence-corrected chi connectivity index (χ1v) is 4.23. The molecule has 0 saturated heterocycles. The highest BCUT2D eigenvalue weighted by molar-refractivity contribution is 6.02. The van der Waals surface area contributed by atoms with Crippen LogP contribution in [-0.4, -0.2) is 26.3 Å². The van der Waals surface area contributed by atoms with E-state index < -0.39 is 0 Å². The van der Waals surface area contributed by atoms with Crippen LogP contribution in [0.3, 0.4) is 0 Å². The Kier molecular flexibility index (Phi) is 2.37. The second kappa shape index (κ2) is 3.67. The Hall–Kier alpha value is -1.55. The summed E-state index contributed by atoms with van der Waals surface area (Å²) < 4.78 is 15.1. The van der Waals surface area contributed by atoms with Gasteiger partial charge < -0.3 is 14.2 Å². The summed E-state index contributed by atoms with van der Waals surface area (Å²) in [6.07, 6.45) is 0. The van der Waals surface area contributed by atoms with E-state index in [4.69, 9.17) is 14.2 Å². The third kappa shape index (κ3) is 1.56. The van der Waals surface area contributed by atoms with E-state index in [9.17, 15) is 4.79 Å². The van der Waals surface area contributed by atoms with E-state index in [1.165, 1.54) is 0 Å². The Morgan fingerprint density at radius 2 is 2.36 bits per heavy atom. The number of carbonyl (C=O) groups excluding carboxylic acids is 1. The molecule has 1 aliphatic rings. The van der Waals surface area contributed by atoms with Gasteiger partial charge in [0.25, 0.3) is 0 Å². The summed E-state index contributed by atoms with van der Waals surface area (Å²) in [4.78, 5) is 11.2. The molecule has 2 rings (SSSR count). The van der Waals surface area contributed by atoms with Crippen LogP contribution in [0.5, 0.6) is 11.5 Å². The first-order valence-electron chi connectivity index (χ1n) is 4.23. The highest BCUT2D eigenvalue weighted by atomic mass is 16.7. The van der Waals surface area contributed by atoms with Crippen LogP contribution in [0.1, 0.15) is 10.4 Å². The summed E-state index contributed by atoms with van der Waals surface area (Å²) >= 11 is 0. The van der Waals surface area contributed by atoms with E-state index in [1.54, 1.807) is 25.3 Å². The molecule has 0 spiro atoms. The van der Waals surface area contributed by atoms with Crippen LogP contribution < -0.4 is 9.47 Å². The van der Waals surface area contributed by atoms with Gasteiger partial charge in [-0.05, 0) is 12.1 Å². The molecule has 0 N–H and O–H groups in total. The highest BCUT2D eigenvalue weighted by Gasteiger charge is 2.21. The summed E-state index contributed by atoms with van der Waals surface area (Å²) in [6, 6.07) is 5.12. The third-order valence-electron chi connectivity index (χ3n) is 1.96. The fourth-order valence-corrected chi connectivity index (χ4v) is 1.29. The van der Waals surface area contributed by atoms with Crippen molar-refractivity contribution in [3.8, 4) is 11.5 Å². The van der Waals surface area contributed by atoms with Crippen LogP contribution in [-0.2, 0) is 4.74 Å². The van der Waals surface area contributed by atoms with Crippen molar-refractivity contribution >= 4 is 5.78 Å². The molecule has 1 aliphatic heterocycles. The lowest BCUT2D eigenvalue weighted by molar-refractivity contribution is 0.0510. The van der Waals surface area contributed by atoms with Gasteiger partial charge in [-0.2, -0.15) is 0 Å². The van der Waals surface area contributed by atoms with E-state index in [1.807, 2.05) is 0 Å². The van der Waals surface area contributed by atoms with Gasteiger partial charge in [0.15, 0.2) is 13.4 Å². The maximum atomic E-state index is 11.2. The van der Waals surface area contributed by atoms with Crippen LogP contribution in [0, 0.1) is 0 Å². The minimum absolute atomic E-state index is 0.0123. The van der Waals surface area contributed by atoms with Crippen LogP contribution in [0.15, 0.2) is 18.2 Å². The molecule has 74 valence electrons. The predicted molar refractivity (Wildman–Crippen MR) is 48.8 cm³/mol. The number of Topliss-reactive ketones (excluding diaryl/α,β-unsaturated/α-hetero) is 1. The molecule has 0 aromatic heterocycles. The monoisotopic (exact) mass is 194 g/mol. The quantitative estimate of drug-likeness (QED) is 0.679. The number of ketones is 1. The zero-order valence-electron chi connectivity index (χ0n) is 7.78. The van der Waals surface area contributed by atoms with Gasteiger partial charge in [-0.3, -0.25) is 4.79 Å². The molecular weight excluding hydrogens is 184 g/mol. The largest absolute Gasteiger partial charge is 0.485 e. The van der Waals surface area contributed by atoms with Crippen molar-refractivity contribution in [2.75, 3.05) is 20.5 Å². The number of benzene rings is 1. The lowest BCUT2D eigenvalue weighted by Crippen LogP contribution is -1.99. The second-order valence-electron chi connectivity index (χ2n) is 2.92. The number of methoxy groups -OCH3 is 1. The molecule has 0 aliphatic carbocycles. The summed E-state index contributed by atoms with van der Waals surface area (Å²) in [6.45, 7) is 0.315. The average molecular weight is 194 g/mol. The number of hydrogen-bond donors (Lipinski definition) is 0. The smallest absolute Gasteiger partial charge is 0.203 e. The number of ether oxygens (including phenoxy) is 3. The number of carbonyl (C=O) groups is 1. The molecule has 0 bridgehead atoms. The van der Waals surface area contributed by atoms with E-state index >= 15 is 0 Å². The molecule has 0 amide bonds. The lowest BCUT2D eigenvalue weighted by Gasteiger charge is -2.05. The van der Waals surface area contributed by atoms with Crippen LogP contribution >= 0.6 is 0 Å². The van der Waals surface area contributed by atoms with Crippen LogP contribution in [0.4, 0.5) is 0 Å². The summed E-state index contributed by atoms with van der Waals surface area (Å²) in [5.41, 5.74) is 0.620. The molecule has 0 radical (unpaired) electrons. The van der Waals surface area contributed by atoms with Crippen molar-refractivity contribution in [2.24, 2.45) is 0 Å². The number of hydrogen-bond acceptors (Lipinski definition) is 4. The maximum Gasteiger partial charge on any atom is 0.203 e. The van der Waals surface area contributed by atoms with Crippen molar-refractivity contribution in [3.63, 3.8) is 0 Å². The SMILES string of the molecule is COCOc1ccc2c(c1)OCC2=O. The molecule has 0 unspecified atom stereocenters. The van der Waals surface area contributed by atoms with Crippen LogP contribution in [0.25, 0.3) is 0 Å². The predicted octanol–water partition coefficient (Wildman–Crippen LogP) is 1.24. The average Bonchev–Trinajstić information content (AvgIpc) is 2.57. The zero-order chi connectivity index (χ0) is 9.97. The zero-order valence-corrected chi connectivity index (χ0v) is 7.78. The first kappa shape index (κ1) is 9.02. The third-order valence-corrected chi connectivity index (χ3v) is 1.96. The molecular formula is C10H10O4. The van der Waals surface area contributed by atoms with Crippen molar-refractivity contribution in [3.05, 3.63) is 23.8 Å². The van der Waals surface area contributed by atoms with Gasteiger partial charge in [0.05, 0.1) is 5.56 Å². The highest BCUT2D eigenvalue weighted by Crippen LogP contribution is 2.29. The first-order chi connectivity index (χ1) is 6.81. The fraction of sp³-hybridized carbons (Fsp3) is 0.300. The molecule has 1 heterocycles. The van der Waals surface area contributed by atoms with Gasteiger partial charge in [0.1, 0.15) is 11.5 Å². The topological polar surface area (TPSA) is 44.8 Å². The Balaban J connectivity index is 2.19. The fourth-order valence-electron chi connectivity index (χ4n) is 1.29. The van der Waals surface area contributed by atoms with E-state index in [-0.39, 0.29) is 19.2 Å². The van der Waals surface area contributed by atoms with Gasteiger partial charge in [0.2, 0.25) is 5.78 Å². The second-order valence-corrected chi connectivity index (χ2v) is 2.92. The standard InChI is InChI=1S/C10H10O4/c1-12-6-14-7-2-3-8-9(11)5-13-10(8)4-7/h2-4H,5-6H2,1H3. The Bertz CT molecular complexity index is 359. The van der Waals surface area contributed by atoms with Gasteiger partial charge in [-0.1, -0.05) is 0 Å². The van der Waals surface area contributed by atoms with Gasteiger partial charge >= 0.3 is 0 Å². The van der Waals surface area contributed by atoms with Crippen LogP contribution in [0.2, 0.25) is 0 Å². The molecule has 0 atom stereocenters. The van der Waals surface area contributed by atoms with Crippen molar-refractivity contribution in [2.45, 2.75) is 0 Å². The Morgan fingerprint density at radius 3 is 3.14 bits per heavy atom. The molecule has 4 heteroatoms. The normalized spacial score (nSPS) is 13.6. The van der Waals surface area contributed by atoms with Crippen molar-refractivity contribution in [1.82, 2.24) is 0 Å². The van der Waals surface area contributed by atoms with Gasteiger partial charge in [0, 0.05) is 13.2 Å². The molecule has 0 saturated carbocycles. The molecule has 1 aromatic carbocycles. The maximum absolute atomic E-state index is 11.2. The van der Waals surface area contributed by atoms with Crippen molar-refractivity contribution in [1.29, 1.82) is 0 Å². The summed E-state index contributed by atoms with van der Waals surface area (Å²) in [5.74, 6) is 1.24. The summed E-state index contributed by atoms with van der Waals surface area (Å²) in [7, 11) is 1.55. The Morgan fingerprint density at radius 1 is 1.50 bits per heavy atom. The van der Waals surface area contributed by atoms with Crippen molar-refractivity contribution < 1.29 is 19.0 Å². The number of rotatable bonds is 3. The van der Waals surface area contributed by atoms with E-state index in [2.05, 4.69) is 0 Å².